The zero-order valence-electron chi connectivity index (χ0n) is 24.7. The van der Waals surface area contributed by atoms with Crippen LogP contribution in [0.3, 0.4) is 0 Å². The van der Waals surface area contributed by atoms with Crippen molar-refractivity contribution < 1.29 is 18.0 Å². The Morgan fingerprint density at radius 3 is 2.19 bits per heavy atom. The van der Waals surface area contributed by atoms with E-state index in [4.69, 9.17) is 23.2 Å². The summed E-state index contributed by atoms with van der Waals surface area (Å²) in [5.74, 6) is -0.537. The molecule has 3 aromatic rings. The van der Waals surface area contributed by atoms with Crippen LogP contribution in [-0.4, -0.2) is 49.5 Å². The molecule has 3 rings (SSSR count). The van der Waals surface area contributed by atoms with Crippen LogP contribution in [0.1, 0.15) is 50.3 Å². The predicted molar refractivity (Wildman–Crippen MR) is 171 cm³/mol. The van der Waals surface area contributed by atoms with Crippen LogP contribution in [0.5, 0.6) is 0 Å². The van der Waals surface area contributed by atoms with E-state index in [0.29, 0.717) is 27.7 Å². The largest absolute Gasteiger partial charge is 0.350 e. The van der Waals surface area contributed by atoms with E-state index in [9.17, 15) is 18.0 Å². The van der Waals surface area contributed by atoms with Crippen molar-refractivity contribution in [2.45, 2.75) is 65.1 Å². The standard InChI is InChI=1S/C32H39Cl2N3O4S/c1-23-27(34)16-10-17-28(23)37(42(5,40)41)19-11-18-30(38)36(22-25-14-9-15-26(33)20-25)29(31(39)35-32(2,3)4)21-24-12-7-6-8-13-24/h6-10,12-17,20,29H,11,18-19,21-22H2,1-5H3,(H,35,39). The van der Waals surface area contributed by atoms with E-state index in [1.807, 2.05) is 57.2 Å². The molecule has 0 aliphatic heterocycles. The smallest absolute Gasteiger partial charge is 0.243 e. The molecule has 0 saturated carbocycles. The van der Waals surface area contributed by atoms with Gasteiger partial charge in [0.25, 0.3) is 0 Å². The quantitative estimate of drug-likeness (QED) is 0.250. The van der Waals surface area contributed by atoms with Crippen molar-refractivity contribution in [2.75, 3.05) is 17.1 Å². The first-order valence-corrected chi connectivity index (χ1v) is 16.4. The Kier molecular flexibility index (Phi) is 11.5. The lowest BCUT2D eigenvalue weighted by Crippen LogP contribution is -2.54. The number of hydrogen-bond donors (Lipinski definition) is 1. The van der Waals surface area contributed by atoms with Crippen LogP contribution < -0.4 is 9.62 Å². The van der Waals surface area contributed by atoms with Gasteiger partial charge in [-0.2, -0.15) is 0 Å². The number of nitrogens with one attached hydrogen (secondary N) is 1. The summed E-state index contributed by atoms with van der Waals surface area (Å²) in [5, 5.41) is 4.02. The van der Waals surface area contributed by atoms with Crippen molar-refractivity contribution in [1.29, 1.82) is 0 Å². The van der Waals surface area contributed by atoms with Gasteiger partial charge in [-0.25, -0.2) is 8.42 Å². The molecule has 1 N–H and O–H groups in total. The molecule has 0 radical (unpaired) electrons. The van der Waals surface area contributed by atoms with Crippen LogP contribution in [0.25, 0.3) is 0 Å². The lowest BCUT2D eigenvalue weighted by atomic mass is 10.00. The molecule has 1 atom stereocenters. The second-order valence-corrected chi connectivity index (χ2v) is 14.2. The molecule has 1 unspecified atom stereocenters. The minimum absolute atomic E-state index is 0.0281. The van der Waals surface area contributed by atoms with E-state index >= 15 is 0 Å². The molecule has 0 aliphatic rings. The van der Waals surface area contributed by atoms with Crippen LogP contribution in [0.2, 0.25) is 10.0 Å². The fourth-order valence-electron chi connectivity index (χ4n) is 4.69. The highest BCUT2D eigenvalue weighted by Crippen LogP contribution is 2.29. The van der Waals surface area contributed by atoms with Gasteiger partial charge in [0, 0.05) is 41.5 Å². The van der Waals surface area contributed by atoms with Crippen LogP contribution in [0, 0.1) is 6.92 Å². The molecule has 0 aromatic heterocycles. The van der Waals surface area contributed by atoms with Gasteiger partial charge in [0.2, 0.25) is 21.8 Å². The number of anilines is 1. The van der Waals surface area contributed by atoms with Crippen LogP contribution >= 0.6 is 23.2 Å². The van der Waals surface area contributed by atoms with E-state index in [-0.39, 0.29) is 37.7 Å². The van der Waals surface area contributed by atoms with Gasteiger partial charge in [0.1, 0.15) is 6.04 Å². The van der Waals surface area contributed by atoms with Crippen molar-refractivity contribution in [2.24, 2.45) is 0 Å². The van der Waals surface area contributed by atoms with E-state index in [1.165, 1.54) is 4.31 Å². The minimum atomic E-state index is -3.65. The van der Waals surface area contributed by atoms with Crippen molar-refractivity contribution in [3.63, 3.8) is 0 Å². The van der Waals surface area contributed by atoms with E-state index in [1.54, 1.807) is 48.2 Å². The zero-order valence-corrected chi connectivity index (χ0v) is 27.1. The van der Waals surface area contributed by atoms with Gasteiger partial charge in [-0.1, -0.05) is 71.7 Å². The van der Waals surface area contributed by atoms with Crippen molar-refractivity contribution >= 4 is 50.7 Å². The highest BCUT2D eigenvalue weighted by Gasteiger charge is 2.32. The van der Waals surface area contributed by atoms with Gasteiger partial charge < -0.3 is 10.2 Å². The first-order valence-electron chi connectivity index (χ1n) is 13.8. The monoisotopic (exact) mass is 631 g/mol. The zero-order chi connectivity index (χ0) is 31.1. The molecule has 0 spiro atoms. The van der Waals surface area contributed by atoms with Crippen molar-refractivity contribution in [3.8, 4) is 0 Å². The number of carbonyl (C=O) groups excluding carboxylic acids is 2. The summed E-state index contributed by atoms with van der Waals surface area (Å²) in [6, 6.07) is 21.0. The molecule has 0 aliphatic carbocycles. The molecule has 0 saturated heterocycles. The number of benzene rings is 3. The summed E-state index contributed by atoms with van der Waals surface area (Å²) in [5.41, 5.74) is 2.29. The molecule has 0 bridgehead atoms. The number of nitrogens with zero attached hydrogens (tertiary/aromatic N) is 2. The highest BCUT2D eigenvalue weighted by atomic mass is 35.5. The van der Waals surface area contributed by atoms with E-state index < -0.39 is 21.6 Å². The van der Waals surface area contributed by atoms with Gasteiger partial charge in [0.05, 0.1) is 11.9 Å². The molecular formula is C32H39Cl2N3O4S. The second kappa shape index (κ2) is 14.4. The summed E-state index contributed by atoms with van der Waals surface area (Å²) in [4.78, 5) is 29.2. The number of sulfonamides is 1. The van der Waals surface area contributed by atoms with E-state index in [0.717, 1.165) is 17.4 Å². The molecule has 42 heavy (non-hydrogen) atoms. The third-order valence-corrected chi connectivity index (χ3v) is 8.50. The lowest BCUT2D eigenvalue weighted by molar-refractivity contribution is -0.142. The molecule has 10 heteroatoms. The molecule has 0 fully saturated rings. The number of halogens is 2. The van der Waals surface area contributed by atoms with Crippen LogP contribution in [-0.2, 0) is 32.6 Å². The highest BCUT2D eigenvalue weighted by molar-refractivity contribution is 7.92. The van der Waals surface area contributed by atoms with Crippen LogP contribution in [0.15, 0.2) is 72.8 Å². The summed E-state index contributed by atoms with van der Waals surface area (Å²) in [6.07, 6.45) is 1.71. The fourth-order valence-corrected chi connectivity index (χ4v) is 6.09. The van der Waals surface area contributed by atoms with E-state index in [2.05, 4.69) is 5.32 Å². The average Bonchev–Trinajstić information content (AvgIpc) is 2.89. The molecule has 0 heterocycles. The number of hydrogen-bond acceptors (Lipinski definition) is 4. The summed E-state index contributed by atoms with van der Waals surface area (Å²) >= 11 is 12.5. The molecule has 226 valence electrons. The summed E-state index contributed by atoms with van der Waals surface area (Å²) in [7, 11) is -3.65. The first-order chi connectivity index (χ1) is 19.7. The lowest BCUT2D eigenvalue weighted by Gasteiger charge is -2.34. The maximum Gasteiger partial charge on any atom is 0.243 e. The number of carbonyl (C=O) groups is 2. The Morgan fingerprint density at radius 1 is 0.929 bits per heavy atom. The Bertz CT molecular complexity index is 1490. The third-order valence-electron chi connectivity index (χ3n) is 6.67. The molecule has 2 amide bonds. The van der Waals surface area contributed by atoms with Gasteiger partial charge in [0.15, 0.2) is 0 Å². The number of rotatable bonds is 12. The second-order valence-electron chi connectivity index (χ2n) is 11.4. The van der Waals surface area contributed by atoms with Crippen molar-refractivity contribution in [3.05, 3.63) is 99.5 Å². The maximum absolute atomic E-state index is 13.9. The Balaban J connectivity index is 1.92. The average molecular weight is 633 g/mol. The fraction of sp³-hybridized carbons (Fsp3) is 0.375. The SMILES string of the molecule is Cc1c(Cl)cccc1N(CCCC(=O)N(Cc1cccc(Cl)c1)C(Cc1ccccc1)C(=O)NC(C)(C)C)S(C)(=O)=O. The van der Waals surface area contributed by atoms with Gasteiger partial charge in [-0.3, -0.25) is 13.9 Å². The Morgan fingerprint density at radius 2 is 1.57 bits per heavy atom. The van der Waals surface area contributed by atoms with Crippen LogP contribution in [0.4, 0.5) is 5.69 Å². The normalized spacial score (nSPS) is 12.5. The Labute approximate surface area is 259 Å². The van der Waals surface area contributed by atoms with Gasteiger partial charge >= 0.3 is 0 Å². The maximum atomic E-state index is 13.9. The predicted octanol–water partition coefficient (Wildman–Crippen LogP) is 6.40. The topological polar surface area (TPSA) is 86.8 Å². The number of amides is 2. The van der Waals surface area contributed by atoms with Crippen molar-refractivity contribution in [1.82, 2.24) is 10.2 Å². The molecule has 7 nitrogen and oxygen atoms in total. The molecular weight excluding hydrogens is 593 g/mol. The third kappa shape index (κ3) is 9.75. The molecule has 3 aromatic carbocycles. The van der Waals surface area contributed by atoms with Gasteiger partial charge in [-0.15, -0.1) is 0 Å². The Hall–Kier alpha value is -3.07. The first kappa shape index (κ1) is 33.4. The summed E-state index contributed by atoms with van der Waals surface area (Å²) in [6.45, 7) is 7.68. The summed E-state index contributed by atoms with van der Waals surface area (Å²) < 4.78 is 26.7. The minimum Gasteiger partial charge on any atom is -0.350 e. The van der Waals surface area contributed by atoms with Gasteiger partial charge in [-0.05, 0) is 75.1 Å².